The van der Waals surface area contributed by atoms with Crippen LogP contribution in [-0.4, -0.2) is 48.3 Å². The Hall–Kier alpha value is -2.09. The zero-order chi connectivity index (χ0) is 19.9. The summed E-state index contributed by atoms with van der Waals surface area (Å²) in [6.07, 6.45) is 2.77. The Morgan fingerprint density at radius 1 is 1.28 bits per heavy atom. The number of benzene rings is 1. The van der Waals surface area contributed by atoms with Crippen molar-refractivity contribution in [3.05, 3.63) is 46.8 Å². The zero-order valence-corrected chi connectivity index (χ0v) is 17.9. The number of halogens is 1. The number of amides is 1. The average molecular weight is 424 g/mol. The second-order valence-electron chi connectivity index (χ2n) is 7.09. The summed E-state index contributed by atoms with van der Waals surface area (Å²) >= 11 is 0. The predicted molar refractivity (Wildman–Crippen MR) is 113 cm³/mol. The summed E-state index contributed by atoms with van der Waals surface area (Å²) < 4.78 is 17.0. The van der Waals surface area contributed by atoms with E-state index in [0.717, 1.165) is 36.3 Å². The number of likely N-dealkylation sites (tertiary alicyclic amines) is 1. The fraction of sp³-hybridized carbons (Fsp3) is 0.524. The fourth-order valence-electron chi connectivity index (χ4n) is 3.36. The third-order valence-electron chi connectivity index (χ3n) is 5.10. The van der Waals surface area contributed by atoms with Gasteiger partial charge in [-0.25, -0.2) is 0 Å². The maximum absolute atomic E-state index is 13.0. The van der Waals surface area contributed by atoms with Gasteiger partial charge in [-0.05, 0) is 51.8 Å². The summed E-state index contributed by atoms with van der Waals surface area (Å²) in [5, 5.41) is 3.94. The van der Waals surface area contributed by atoms with Crippen LogP contribution in [-0.2, 0) is 11.3 Å². The van der Waals surface area contributed by atoms with Crippen molar-refractivity contribution in [2.24, 2.45) is 5.73 Å². The second-order valence-corrected chi connectivity index (χ2v) is 7.09. The lowest BCUT2D eigenvalue weighted by Gasteiger charge is -2.32. The lowest BCUT2D eigenvalue weighted by atomic mass is 10.1. The lowest BCUT2D eigenvalue weighted by molar-refractivity contribution is 0.00835. The molecule has 1 amide bonds. The molecule has 0 saturated carbocycles. The third kappa shape index (κ3) is 5.95. The van der Waals surface area contributed by atoms with E-state index in [0.29, 0.717) is 44.2 Å². The molecule has 3 rings (SSSR count). The summed E-state index contributed by atoms with van der Waals surface area (Å²) in [6, 6.07) is 7.37. The molecule has 1 saturated heterocycles. The lowest BCUT2D eigenvalue weighted by Crippen LogP contribution is -2.41. The number of carbonyl (C=O) groups excluding carboxylic acids is 1. The van der Waals surface area contributed by atoms with E-state index < -0.39 is 0 Å². The average Bonchev–Trinajstić information content (AvgIpc) is 3.04. The van der Waals surface area contributed by atoms with Gasteiger partial charge in [0.1, 0.15) is 18.1 Å². The van der Waals surface area contributed by atoms with E-state index in [2.05, 4.69) is 5.16 Å². The Balaban J connectivity index is 0.00000300. The monoisotopic (exact) mass is 423 g/mol. The second kappa shape index (κ2) is 11.2. The van der Waals surface area contributed by atoms with E-state index in [4.69, 9.17) is 19.7 Å². The highest BCUT2D eigenvalue weighted by Gasteiger charge is 2.26. The molecule has 2 aromatic rings. The third-order valence-corrected chi connectivity index (χ3v) is 5.10. The van der Waals surface area contributed by atoms with Crippen molar-refractivity contribution >= 4 is 18.3 Å². The van der Waals surface area contributed by atoms with Crippen LogP contribution in [0.15, 0.2) is 28.8 Å². The van der Waals surface area contributed by atoms with Crippen LogP contribution in [0, 0.1) is 13.8 Å². The van der Waals surface area contributed by atoms with E-state index >= 15 is 0 Å². The molecule has 0 atom stereocenters. The standard InChI is InChI=1S/C21H29N3O4.ClH/c1-15-19(16(2)28-23-15)14-27-20-7-4-3-6-18(20)21(25)24-11-8-17(9-12-24)26-13-5-10-22;/h3-4,6-7,17H,5,8-14,22H2,1-2H3;1H. The minimum absolute atomic E-state index is 0. The van der Waals surface area contributed by atoms with Gasteiger partial charge in [0.2, 0.25) is 0 Å². The van der Waals surface area contributed by atoms with Crippen LogP contribution < -0.4 is 10.5 Å². The van der Waals surface area contributed by atoms with Crippen molar-refractivity contribution < 1.29 is 18.8 Å². The quantitative estimate of drug-likeness (QED) is 0.655. The molecule has 1 aliphatic rings. The largest absolute Gasteiger partial charge is 0.488 e. The van der Waals surface area contributed by atoms with E-state index in [1.54, 1.807) is 0 Å². The topological polar surface area (TPSA) is 90.8 Å². The number of piperidine rings is 1. The molecule has 29 heavy (non-hydrogen) atoms. The molecule has 2 N–H and O–H groups in total. The van der Waals surface area contributed by atoms with Gasteiger partial charge >= 0.3 is 0 Å². The SMILES string of the molecule is Cc1noc(C)c1COc1ccccc1C(=O)N1CCC(OCCCN)CC1.Cl. The normalized spacial score (nSPS) is 14.5. The first-order valence-corrected chi connectivity index (χ1v) is 9.84. The van der Waals surface area contributed by atoms with Crippen LogP contribution in [0.4, 0.5) is 0 Å². The highest BCUT2D eigenvalue weighted by Crippen LogP contribution is 2.24. The summed E-state index contributed by atoms with van der Waals surface area (Å²) in [4.78, 5) is 14.9. The summed E-state index contributed by atoms with van der Waals surface area (Å²) in [6.45, 7) is 6.76. The number of para-hydroxylation sites is 1. The predicted octanol–water partition coefficient (Wildman–Crippen LogP) is 3.26. The molecule has 0 radical (unpaired) electrons. The Kier molecular flexibility index (Phi) is 8.95. The summed E-state index contributed by atoms with van der Waals surface area (Å²) in [5.41, 5.74) is 7.80. The van der Waals surface area contributed by atoms with Crippen LogP contribution in [0.3, 0.4) is 0 Å². The van der Waals surface area contributed by atoms with Crippen LogP contribution in [0.1, 0.15) is 46.6 Å². The van der Waals surface area contributed by atoms with Crippen molar-refractivity contribution in [1.29, 1.82) is 0 Å². The van der Waals surface area contributed by atoms with E-state index in [9.17, 15) is 4.79 Å². The Labute approximate surface area is 177 Å². The van der Waals surface area contributed by atoms with Gasteiger partial charge in [0.15, 0.2) is 0 Å². The smallest absolute Gasteiger partial charge is 0.257 e. The number of nitrogens with zero attached hydrogens (tertiary/aromatic N) is 2. The molecule has 8 heteroatoms. The molecule has 1 fully saturated rings. The van der Waals surface area contributed by atoms with Gasteiger partial charge in [-0.1, -0.05) is 17.3 Å². The molecular formula is C21H30ClN3O4. The molecule has 0 spiro atoms. The molecule has 1 aliphatic heterocycles. The maximum atomic E-state index is 13.0. The maximum Gasteiger partial charge on any atom is 0.257 e. The van der Waals surface area contributed by atoms with Gasteiger partial charge in [-0.3, -0.25) is 4.79 Å². The molecule has 1 aromatic carbocycles. The number of aryl methyl sites for hydroxylation is 2. The molecule has 2 heterocycles. The molecule has 7 nitrogen and oxygen atoms in total. The highest BCUT2D eigenvalue weighted by molar-refractivity contribution is 5.97. The number of hydrogen-bond acceptors (Lipinski definition) is 6. The van der Waals surface area contributed by atoms with Gasteiger partial charge < -0.3 is 24.6 Å². The zero-order valence-electron chi connectivity index (χ0n) is 17.1. The Bertz CT molecular complexity index is 768. The number of rotatable bonds is 8. The van der Waals surface area contributed by atoms with Gasteiger partial charge in [-0.15, -0.1) is 12.4 Å². The van der Waals surface area contributed by atoms with Crippen LogP contribution >= 0.6 is 12.4 Å². The van der Waals surface area contributed by atoms with Crippen LogP contribution in [0.25, 0.3) is 0 Å². The van der Waals surface area contributed by atoms with E-state index in [1.807, 2.05) is 43.0 Å². The van der Waals surface area contributed by atoms with Gasteiger partial charge in [0.25, 0.3) is 5.91 Å². The van der Waals surface area contributed by atoms with Crippen molar-refractivity contribution in [1.82, 2.24) is 10.1 Å². The molecule has 0 aliphatic carbocycles. The first kappa shape index (κ1) is 23.2. The van der Waals surface area contributed by atoms with Gasteiger partial charge in [-0.2, -0.15) is 0 Å². The Morgan fingerprint density at radius 2 is 2.00 bits per heavy atom. The minimum Gasteiger partial charge on any atom is -0.488 e. The number of carbonyl (C=O) groups is 1. The molecule has 0 unspecified atom stereocenters. The number of ether oxygens (including phenoxy) is 2. The summed E-state index contributed by atoms with van der Waals surface area (Å²) in [7, 11) is 0. The van der Waals surface area contributed by atoms with Crippen LogP contribution in [0.2, 0.25) is 0 Å². The number of hydrogen-bond donors (Lipinski definition) is 1. The molecule has 0 bridgehead atoms. The van der Waals surface area contributed by atoms with Crippen molar-refractivity contribution in [3.63, 3.8) is 0 Å². The van der Waals surface area contributed by atoms with Gasteiger partial charge in [0, 0.05) is 19.7 Å². The number of nitrogens with two attached hydrogens (primary N) is 1. The fourth-order valence-corrected chi connectivity index (χ4v) is 3.36. The van der Waals surface area contributed by atoms with E-state index in [1.165, 1.54) is 0 Å². The van der Waals surface area contributed by atoms with Crippen molar-refractivity contribution in [2.75, 3.05) is 26.2 Å². The molecule has 160 valence electrons. The Morgan fingerprint density at radius 3 is 2.66 bits per heavy atom. The number of aromatic nitrogens is 1. The van der Waals surface area contributed by atoms with E-state index in [-0.39, 0.29) is 24.4 Å². The summed E-state index contributed by atoms with van der Waals surface area (Å²) in [5.74, 6) is 1.31. The highest BCUT2D eigenvalue weighted by atomic mass is 35.5. The molecular weight excluding hydrogens is 394 g/mol. The van der Waals surface area contributed by atoms with Crippen LogP contribution in [0.5, 0.6) is 5.75 Å². The van der Waals surface area contributed by atoms with Crippen molar-refractivity contribution in [3.8, 4) is 5.75 Å². The van der Waals surface area contributed by atoms with Crippen molar-refractivity contribution in [2.45, 2.75) is 45.8 Å². The minimum atomic E-state index is -0.00484. The first-order chi connectivity index (χ1) is 13.6. The molecule has 1 aromatic heterocycles. The van der Waals surface area contributed by atoms with Gasteiger partial charge in [0.05, 0.1) is 22.9 Å². The first-order valence-electron chi connectivity index (χ1n) is 9.84.